The Kier molecular flexibility index (Phi) is 4.34. The van der Waals surface area contributed by atoms with Crippen LogP contribution in [0.2, 0.25) is 0 Å². The second kappa shape index (κ2) is 6.96. The van der Waals surface area contributed by atoms with Gasteiger partial charge in [0.25, 0.3) is 0 Å². The Morgan fingerprint density at radius 3 is 2.52 bits per heavy atom. The molecule has 0 spiro atoms. The summed E-state index contributed by atoms with van der Waals surface area (Å²) in [7, 11) is 0. The molecule has 1 aromatic heterocycles. The number of rotatable bonds is 5. The Morgan fingerprint density at radius 1 is 1.00 bits per heavy atom. The van der Waals surface area contributed by atoms with E-state index in [0.29, 0.717) is 5.71 Å². The van der Waals surface area contributed by atoms with Crippen molar-refractivity contribution in [2.45, 2.75) is 6.92 Å². The van der Waals surface area contributed by atoms with E-state index >= 15 is 0 Å². The molecule has 0 aliphatic rings. The van der Waals surface area contributed by atoms with Crippen LogP contribution in [0.5, 0.6) is 0 Å². The third-order valence-corrected chi connectivity index (χ3v) is 4.41. The van der Waals surface area contributed by atoms with Gasteiger partial charge in [-0.2, -0.15) is 0 Å². The summed E-state index contributed by atoms with van der Waals surface area (Å²) in [6, 6.07) is 22.0. The van der Waals surface area contributed by atoms with Crippen molar-refractivity contribution in [2.75, 3.05) is 6.61 Å². The molecule has 0 bridgehead atoms. The molecular formula is C22H17NO4. The van der Waals surface area contributed by atoms with Crippen LogP contribution < -0.4 is 0 Å². The lowest BCUT2D eigenvalue weighted by Gasteiger charge is -2.05. The number of carboxylic acid groups (broad SMARTS) is 1. The molecule has 1 N–H and O–H groups in total. The van der Waals surface area contributed by atoms with Gasteiger partial charge >= 0.3 is 5.97 Å². The number of fused-ring (bicyclic) bond motifs is 3. The van der Waals surface area contributed by atoms with E-state index in [4.69, 9.17) is 14.4 Å². The molecule has 4 rings (SSSR count). The predicted octanol–water partition coefficient (Wildman–Crippen LogP) is 5.08. The van der Waals surface area contributed by atoms with Crippen LogP contribution in [0, 0.1) is 0 Å². The number of hydrogen-bond donors (Lipinski definition) is 1. The van der Waals surface area contributed by atoms with E-state index in [1.54, 1.807) is 6.92 Å². The SMILES string of the molecule is C/C(=N\OCC(=O)O)c1ccc(-c2cccc3c2oc2ccccc23)cc1. The van der Waals surface area contributed by atoms with Gasteiger partial charge in [-0.25, -0.2) is 4.79 Å². The van der Waals surface area contributed by atoms with Crippen LogP contribution >= 0.6 is 0 Å². The quantitative estimate of drug-likeness (QED) is 0.398. The number of benzene rings is 3. The van der Waals surface area contributed by atoms with E-state index < -0.39 is 12.6 Å². The number of nitrogens with zero attached hydrogens (tertiary/aromatic N) is 1. The monoisotopic (exact) mass is 359 g/mol. The van der Waals surface area contributed by atoms with Crippen LogP contribution in [0.25, 0.3) is 33.1 Å². The summed E-state index contributed by atoms with van der Waals surface area (Å²) < 4.78 is 6.09. The molecule has 1 heterocycles. The Hall–Kier alpha value is -3.60. The van der Waals surface area contributed by atoms with Gasteiger partial charge in [-0.1, -0.05) is 65.8 Å². The van der Waals surface area contributed by atoms with Gasteiger partial charge in [-0.15, -0.1) is 0 Å². The first-order valence-corrected chi connectivity index (χ1v) is 8.53. The van der Waals surface area contributed by atoms with E-state index in [0.717, 1.165) is 38.6 Å². The van der Waals surface area contributed by atoms with Gasteiger partial charge in [-0.05, 0) is 24.1 Å². The van der Waals surface area contributed by atoms with E-state index in [9.17, 15) is 4.79 Å². The van der Waals surface area contributed by atoms with E-state index in [1.165, 1.54) is 0 Å². The van der Waals surface area contributed by atoms with Crippen molar-refractivity contribution >= 4 is 33.6 Å². The van der Waals surface area contributed by atoms with Gasteiger partial charge in [0.2, 0.25) is 6.61 Å². The minimum Gasteiger partial charge on any atom is -0.479 e. The van der Waals surface area contributed by atoms with Crippen LogP contribution in [0.3, 0.4) is 0 Å². The lowest BCUT2D eigenvalue weighted by molar-refractivity contribution is -0.142. The average molecular weight is 359 g/mol. The molecule has 0 aliphatic heterocycles. The van der Waals surface area contributed by atoms with Crippen molar-refractivity contribution in [2.24, 2.45) is 5.16 Å². The predicted molar refractivity (Wildman–Crippen MR) is 105 cm³/mol. The Bertz CT molecular complexity index is 1160. The number of aliphatic carboxylic acids is 1. The maximum Gasteiger partial charge on any atom is 0.344 e. The molecule has 0 aliphatic carbocycles. The first-order valence-electron chi connectivity index (χ1n) is 8.53. The highest BCUT2D eigenvalue weighted by Crippen LogP contribution is 2.35. The first kappa shape index (κ1) is 16.8. The number of furan rings is 1. The van der Waals surface area contributed by atoms with E-state index in [-0.39, 0.29) is 0 Å². The number of carbonyl (C=O) groups is 1. The second-order valence-electron chi connectivity index (χ2n) is 6.20. The zero-order chi connectivity index (χ0) is 18.8. The van der Waals surface area contributed by atoms with Crippen LogP contribution in [-0.4, -0.2) is 23.4 Å². The number of para-hydroxylation sites is 2. The zero-order valence-corrected chi connectivity index (χ0v) is 14.7. The fourth-order valence-electron chi connectivity index (χ4n) is 3.10. The van der Waals surface area contributed by atoms with Gasteiger partial charge in [0, 0.05) is 16.3 Å². The molecule has 27 heavy (non-hydrogen) atoms. The highest BCUT2D eigenvalue weighted by Gasteiger charge is 2.11. The molecule has 0 saturated heterocycles. The number of oxime groups is 1. The number of hydrogen-bond acceptors (Lipinski definition) is 4. The summed E-state index contributed by atoms with van der Waals surface area (Å²) in [6.07, 6.45) is 0. The minimum atomic E-state index is -1.05. The van der Waals surface area contributed by atoms with Gasteiger partial charge in [-0.3, -0.25) is 0 Å². The third-order valence-electron chi connectivity index (χ3n) is 4.41. The summed E-state index contributed by atoms with van der Waals surface area (Å²) in [4.78, 5) is 15.3. The Labute approximate surface area is 155 Å². The van der Waals surface area contributed by atoms with Crippen LogP contribution in [0.1, 0.15) is 12.5 Å². The lowest BCUT2D eigenvalue weighted by Crippen LogP contribution is -2.05. The van der Waals surface area contributed by atoms with E-state index in [1.807, 2.05) is 54.6 Å². The maximum absolute atomic E-state index is 10.5. The molecule has 0 radical (unpaired) electrons. The highest BCUT2D eigenvalue weighted by molar-refractivity contribution is 6.09. The van der Waals surface area contributed by atoms with Gasteiger partial charge < -0.3 is 14.4 Å². The van der Waals surface area contributed by atoms with Gasteiger partial charge in [0.1, 0.15) is 11.2 Å². The smallest absolute Gasteiger partial charge is 0.344 e. The number of carboxylic acids is 1. The van der Waals surface area contributed by atoms with Crippen LogP contribution in [0.4, 0.5) is 0 Å². The van der Waals surface area contributed by atoms with Crippen LogP contribution in [0.15, 0.2) is 76.3 Å². The molecule has 0 amide bonds. The zero-order valence-electron chi connectivity index (χ0n) is 14.7. The topological polar surface area (TPSA) is 72.0 Å². The normalized spacial score (nSPS) is 11.8. The molecule has 5 nitrogen and oxygen atoms in total. The Morgan fingerprint density at radius 2 is 1.74 bits per heavy atom. The summed E-state index contributed by atoms with van der Waals surface area (Å²) in [5.74, 6) is -1.05. The Balaban J connectivity index is 1.69. The van der Waals surface area contributed by atoms with Crippen molar-refractivity contribution in [1.29, 1.82) is 0 Å². The van der Waals surface area contributed by atoms with Crippen LogP contribution in [-0.2, 0) is 9.63 Å². The highest BCUT2D eigenvalue weighted by atomic mass is 16.6. The van der Waals surface area contributed by atoms with E-state index in [2.05, 4.69) is 17.3 Å². The van der Waals surface area contributed by atoms with Crippen molar-refractivity contribution in [1.82, 2.24) is 0 Å². The summed E-state index contributed by atoms with van der Waals surface area (Å²) in [5.41, 5.74) is 5.26. The fourth-order valence-corrected chi connectivity index (χ4v) is 3.10. The molecular weight excluding hydrogens is 342 g/mol. The largest absolute Gasteiger partial charge is 0.479 e. The summed E-state index contributed by atoms with van der Waals surface area (Å²) in [5, 5.41) is 14.6. The maximum atomic E-state index is 10.5. The van der Waals surface area contributed by atoms with Gasteiger partial charge in [0.05, 0.1) is 5.71 Å². The van der Waals surface area contributed by atoms with Crippen molar-refractivity contribution in [3.8, 4) is 11.1 Å². The molecule has 5 heteroatoms. The fraction of sp³-hybridized carbons (Fsp3) is 0.0909. The molecule has 3 aromatic carbocycles. The minimum absolute atomic E-state index is 0.455. The van der Waals surface area contributed by atoms with Gasteiger partial charge in [0.15, 0.2) is 0 Å². The lowest BCUT2D eigenvalue weighted by atomic mass is 10.0. The molecule has 0 fully saturated rings. The molecule has 134 valence electrons. The third kappa shape index (κ3) is 3.27. The first-order chi connectivity index (χ1) is 13.1. The summed E-state index contributed by atoms with van der Waals surface area (Å²) >= 11 is 0. The van der Waals surface area contributed by atoms with Crippen molar-refractivity contribution < 1.29 is 19.2 Å². The summed E-state index contributed by atoms with van der Waals surface area (Å²) in [6.45, 7) is 1.32. The molecule has 4 aromatic rings. The average Bonchev–Trinajstić information content (AvgIpc) is 3.06. The second-order valence-corrected chi connectivity index (χ2v) is 6.20. The molecule has 0 atom stereocenters. The molecule has 0 saturated carbocycles. The standard InChI is InChI=1S/C22H17NO4/c1-14(23-26-13-21(24)25)15-9-11-16(12-10-15)17-6-4-7-19-18-5-2-3-8-20(18)27-22(17)19/h2-12H,13H2,1H3,(H,24,25)/b23-14+. The van der Waals surface area contributed by atoms with Crippen molar-refractivity contribution in [3.05, 3.63) is 72.3 Å². The van der Waals surface area contributed by atoms with Crippen molar-refractivity contribution in [3.63, 3.8) is 0 Å². The molecule has 0 unspecified atom stereocenters.